The molecule has 2 aromatic carbocycles. The van der Waals surface area contributed by atoms with Gasteiger partial charge in [0.1, 0.15) is 11.5 Å². The van der Waals surface area contributed by atoms with E-state index in [9.17, 15) is 4.79 Å². The van der Waals surface area contributed by atoms with Gasteiger partial charge in [0.15, 0.2) is 0 Å². The Morgan fingerprint density at radius 1 is 0.905 bits per heavy atom. The molecule has 0 fully saturated rings. The summed E-state index contributed by atoms with van der Waals surface area (Å²) in [6, 6.07) is 17.8. The largest absolute Gasteiger partial charge is 0.457 e. The number of carbonyl (C=O) groups excluding carboxylic acids is 1. The Morgan fingerprint density at radius 3 is 2.29 bits per heavy atom. The fourth-order valence-corrected chi connectivity index (χ4v) is 1.73. The molecule has 3 rings (SSSR count). The van der Waals surface area contributed by atoms with E-state index in [1.54, 1.807) is 36.5 Å². The van der Waals surface area contributed by atoms with Crippen LogP contribution in [-0.4, -0.2) is 15.9 Å². The average molecular weight is 280 g/mol. The first-order valence-electron chi connectivity index (χ1n) is 6.36. The molecule has 5 heteroatoms. The molecule has 0 bridgehead atoms. The van der Waals surface area contributed by atoms with E-state index in [4.69, 9.17) is 9.57 Å². The number of benzene rings is 2. The molecule has 0 atom stereocenters. The van der Waals surface area contributed by atoms with E-state index in [1.165, 1.54) is 6.20 Å². The Kier molecular flexibility index (Phi) is 3.64. The van der Waals surface area contributed by atoms with Crippen LogP contribution in [-0.2, 0) is 0 Å². The average Bonchev–Trinajstić information content (AvgIpc) is 3.02. The number of ether oxygens (including phenoxy) is 1. The molecule has 0 aliphatic heterocycles. The minimum atomic E-state index is -0.482. The monoisotopic (exact) mass is 280 g/mol. The van der Waals surface area contributed by atoms with Gasteiger partial charge in [-0.2, -0.15) is 0 Å². The van der Waals surface area contributed by atoms with Crippen LogP contribution in [0.1, 0.15) is 10.4 Å². The molecular weight excluding hydrogens is 268 g/mol. The van der Waals surface area contributed by atoms with Gasteiger partial charge in [-0.3, -0.25) is 0 Å². The second-order valence-corrected chi connectivity index (χ2v) is 4.23. The highest BCUT2D eigenvalue weighted by Crippen LogP contribution is 2.21. The van der Waals surface area contributed by atoms with Crippen molar-refractivity contribution in [1.82, 2.24) is 9.94 Å². The van der Waals surface area contributed by atoms with Crippen molar-refractivity contribution in [2.24, 2.45) is 0 Å². The van der Waals surface area contributed by atoms with E-state index in [0.717, 1.165) is 10.6 Å². The van der Waals surface area contributed by atoms with Gasteiger partial charge < -0.3 is 9.57 Å². The van der Waals surface area contributed by atoms with E-state index < -0.39 is 5.97 Å². The molecule has 0 N–H and O–H groups in total. The van der Waals surface area contributed by atoms with Crippen LogP contribution < -0.4 is 9.57 Å². The van der Waals surface area contributed by atoms with Crippen LogP contribution in [0.2, 0.25) is 0 Å². The van der Waals surface area contributed by atoms with E-state index in [0.29, 0.717) is 11.3 Å². The molecule has 3 aromatic rings. The fraction of sp³-hybridized carbons (Fsp3) is 0. The quantitative estimate of drug-likeness (QED) is 0.737. The molecule has 21 heavy (non-hydrogen) atoms. The Bertz CT molecular complexity index is 707. The highest BCUT2D eigenvalue weighted by Gasteiger charge is 2.09. The Morgan fingerprint density at radius 2 is 1.62 bits per heavy atom. The third-order valence-electron chi connectivity index (χ3n) is 2.73. The van der Waals surface area contributed by atoms with Gasteiger partial charge >= 0.3 is 5.97 Å². The van der Waals surface area contributed by atoms with Crippen LogP contribution in [0.15, 0.2) is 73.1 Å². The van der Waals surface area contributed by atoms with Crippen molar-refractivity contribution in [1.29, 1.82) is 0 Å². The summed E-state index contributed by atoms with van der Waals surface area (Å²) in [4.78, 5) is 18.0. The second-order valence-electron chi connectivity index (χ2n) is 4.23. The Labute approximate surface area is 121 Å². The van der Waals surface area contributed by atoms with Crippen LogP contribution in [0.3, 0.4) is 0 Å². The number of nitrogens with zero attached hydrogens (tertiary/aromatic N) is 2. The van der Waals surface area contributed by atoms with Crippen LogP contribution in [0.5, 0.6) is 11.5 Å². The maximum atomic E-state index is 11.9. The first-order valence-corrected chi connectivity index (χ1v) is 6.36. The highest BCUT2D eigenvalue weighted by molar-refractivity contribution is 5.89. The van der Waals surface area contributed by atoms with Crippen molar-refractivity contribution in [3.8, 4) is 11.5 Å². The molecule has 0 radical (unpaired) electrons. The lowest BCUT2D eigenvalue weighted by molar-refractivity contribution is 0.0394. The van der Waals surface area contributed by atoms with Crippen LogP contribution >= 0.6 is 0 Å². The number of para-hydroxylation sites is 1. The zero-order valence-electron chi connectivity index (χ0n) is 11.0. The molecule has 104 valence electrons. The third-order valence-corrected chi connectivity index (χ3v) is 2.73. The second kappa shape index (κ2) is 5.92. The smallest absolute Gasteiger partial charge is 0.365 e. The number of carbonyl (C=O) groups is 1. The summed E-state index contributed by atoms with van der Waals surface area (Å²) >= 11 is 0. The minimum Gasteiger partial charge on any atom is -0.457 e. The number of hydrogen-bond acceptors (Lipinski definition) is 4. The van der Waals surface area contributed by atoms with E-state index in [1.807, 2.05) is 30.3 Å². The molecule has 1 heterocycles. The topological polar surface area (TPSA) is 53.4 Å². The van der Waals surface area contributed by atoms with Gasteiger partial charge in [0.25, 0.3) is 0 Å². The van der Waals surface area contributed by atoms with Gasteiger partial charge in [-0.15, -0.1) is 5.10 Å². The molecule has 0 unspecified atom stereocenters. The van der Waals surface area contributed by atoms with Crippen LogP contribution in [0.4, 0.5) is 0 Å². The molecular formula is C16H12N2O3. The summed E-state index contributed by atoms with van der Waals surface area (Å²) < 4.78 is 5.65. The van der Waals surface area contributed by atoms with E-state index >= 15 is 0 Å². The van der Waals surface area contributed by atoms with Gasteiger partial charge in [-0.05, 0) is 42.5 Å². The fourth-order valence-electron chi connectivity index (χ4n) is 1.73. The van der Waals surface area contributed by atoms with Crippen molar-refractivity contribution < 1.29 is 14.4 Å². The normalized spacial score (nSPS) is 10.1. The summed E-state index contributed by atoms with van der Waals surface area (Å²) in [5, 5.41) is 3.80. The maximum absolute atomic E-state index is 11.9. The van der Waals surface area contributed by atoms with Crippen molar-refractivity contribution in [3.05, 3.63) is 78.6 Å². The number of aromatic nitrogens is 2. The molecule has 1 aromatic heterocycles. The lowest BCUT2D eigenvalue weighted by Crippen LogP contribution is -2.19. The molecule has 5 nitrogen and oxygen atoms in total. The molecule has 0 amide bonds. The van der Waals surface area contributed by atoms with Crippen molar-refractivity contribution in [3.63, 3.8) is 0 Å². The molecule has 0 aliphatic rings. The summed E-state index contributed by atoms with van der Waals surface area (Å²) in [5.41, 5.74) is 0.422. The van der Waals surface area contributed by atoms with Crippen molar-refractivity contribution >= 4 is 5.97 Å². The zero-order valence-corrected chi connectivity index (χ0v) is 11.0. The van der Waals surface area contributed by atoms with Gasteiger partial charge in [-0.25, -0.2) is 4.79 Å². The summed E-state index contributed by atoms with van der Waals surface area (Å²) in [5.74, 6) is 0.908. The van der Waals surface area contributed by atoms with Gasteiger partial charge in [0.05, 0.1) is 18.0 Å². The third kappa shape index (κ3) is 3.27. The number of rotatable bonds is 4. The molecule has 0 spiro atoms. The van der Waals surface area contributed by atoms with E-state index in [2.05, 4.69) is 5.10 Å². The lowest BCUT2D eigenvalue weighted by Gasteiger charge is -2.06. The Balaban J connectivity index is 1.68. The lowest BCUT2D eigenvalue weighted by atomic mass is 10.2. The predicted octanol–water partition coefficient (Wildman–Crippen LogP) is 2.94. The molecule has 0 saturated carbocycles. The maximum Gasteiger partial charge on any atom is 0.365 e. The standard InChI is InChI=1S/C16H12N2O3/c19-16(21-18-12-4-11-17-18)13-7-9-15(10-8-13)20-14-5-2-1-3-6-14/h1-12H. The first kappa shape index (κ1) is 12.9. The molecule has 0 aliphatic carbocycles. The summed E-state index contributed by atoms with van der Waals surface area (Å²) in [6.45, 7) is 0. The summed E-state index contributed by atoms with van der Waals surface area (Å²) in [7, 11) is 0. The molecule has 0 saturated heterocycles. The Hall–Kier alpha value is -3.08. The SMILES string of the molecule is O=C(On1cccn1)c1ccc(Oc2ccccc2)cc1. The van der Waals surface area contributed by atoms with Gasteiger partial charge in [0, 0.05) is 0 Å². The van der Waals surface area contributed by atoms with Crippen molar-refractivity contribution in [2.45, 2.75) is 0 Å². The predicted molar refractivity (Wildman–Crippen MR) is 76.1 cm³/mol. The first-order chi connectivity index (χ1) is 10.3. The minimum absolute atomic E-state index is 0.422. The van der Waals surface area contributed by atoms with Gasteiger partial charge in [-0.1, -0.05) is 23.0 Å². The zero-order chi connectivity index (χ0) is 14.5. The van der Waals surface area contributed by atoms with Gasteiger partial charge in [0.2, 0.25) is 0 Å². The van der Waals surface area contributed by atoms with Crippen molar-refractivity contribution in [2.75, 3.05) is 0 Å². The van der Waals surface area contributed by atoms with E-state index in [-0.39, 0.29) is 0 Å². The van der Waals surface area contributed by atoms with Crippen LogP contribution in [0.25, 0.3) is 0 Å². The summed E-state index contributed by atoms with van der Waals surface area (Å²) in [6.07, 6.45) is 3.08. The van der Waals surface area contributed by atoms with Crippen LogP contribution in [0, 0.1) is 0 Å². The highest BCUT2D eigenvalue weighted by atomic mass is 16.7. The number of hydrogen-bond donors (Lipinski definition) is 0.